The maximum Gasteiger partial charge on any atom is 0.0208 e. The van der Waals surface area contributed by atoms with Crippen LogP contribution in [0.25, 0.3) is 0 Å². The average molecular weight is 147 g/mol. The van der Waals surface area contributed by atoms with E-state index >= 15 is 0 Å². The molecule has 1 spiro atoms. The van der Waals surface area contributed by atoms with Gasteiger partial charge in [0.05, 0.1) is 0 Å². The fourth-order valence-electron chi connectivity index (χ4n) is 0.976. The Morgan fingerprint density at radius 3 is 2.00 bits per heavy atom. The molecule has 2 aliphatic carbocycles. The quantitative estimate of drug-likeness (QED) is 0.459. The summed E-state index contributed by atoms with van der Waals surface area (Å²) in [6.45, 7) is 0. The summed E-state index contributed by atoms with van der Waals surface area (Å²) in [5.41, 5.74) is 0.875. The Kier molecular flexibility index (Phi) is 0.409. The molecule has 0 amide bonds. The highest BCUT2D eigenvalue weighted by Gasteiger charge is 2.61. The highest BCUT2D eigenvalue weighted by atomic mass is 79.9. The van der Waals surface area contributed by atoms with E-state index in [2.05, 4.69) is 15.9 Å². The second-order valence-corrected chi connectivity index (χ2v) is 3.64. The van der Waals surface area contributed by atoms with Gasteiger partial charge in [-0.25, -0.2) is 0 Å². The topological polar surface area (TPSA) is 0 Å². The zero-order chi connectivity index (χ0) is 4.20. The first kappa shape index (κ1) is 3.48. The summed E-state index contributed by atoms with van der Waals surface area (Å²) in [5.74, 6) is 0. The first-order chi connectivity index (χ1) is 2.83. The van der Waals surface area contributed by atoms with Crippen molar-refractivity contribution in [3.63, 3.8) is 0 Å². The van der Waals surface area contributed by atoms with E-state index in [-0.39, 0.29) is 0 Å². The zero-order valence-corrected chi connectivity index (χ0v) is 5.16. The minimum absolute atomic E-state index is 0.875. The lowest BCUT2D eigenvalue weighted by molar-refractivity contribution is 0.907. The van der Waals surface area contributed by atoms with Crippen LogP contribution < -0.4 is 0 Å². The summed E-state index contributed by atoms with van der Waals surface area (Å²) in [4.78, 5) is 0.921. The van der Waals surface area contributed by atoms with E-state index in [9.17, 15) is 0 Å². The third-order valence-electron chi connectivity index (χ3n) is 1.98. The van der Waals surface area contributed by atoms with Crippen LogP contribution in [-0.4, -0.2) is 4.83 Å². The third-order valence-corrected chi connectivity index (χ3v) is 3.28. The predicted octanol–water partition coefficient (Wildman–Crippen LogP) is 1.93. The van der Waals surface area contributed by atoms with E-state index in [1.54, 1.807) is 0 Å². The molecule has 2 fully saturated rings. The zero-order valence-electron chi connectivity index (χ0n) is 3.58. The molecule has 0 aliphatic heterocycles. The molecule has 0 aromatic rings. The van der Waals surface area contributed by atoms with E-state index in [0.29, 0.717) is 0 Å². The fraction of sp³-hybridized carbons (Fsp3) is 1.00. The Hall–Kier alpha value is 0.480. The SMILES string of the molecule is BrC1CC12CC2. The van der Waals surface area contributed by atoms with Crippen LogP contribution in [-0.2, 0) is 0 Å². The van der Waals surface area contributed by atoms with Crippen molar-refractivity contribution in [2.24, 2.45) is 5.41 Å². The molecule has 1 unspecified atom stereocenters. The second-order valence-electron chi connectivity index (χ2n) is 2.53. The molecule has 0 N–H and O–H groups in total. The molecule has 0 radical (unpaired) electrons. The van der Waals surface area contributed by atoms with Crippen molar-refractivity contribution in [3.05, 3.63) is 0 Å². The van der Waals surface area contributed by atoms with Gasteiger partial charge in [-0.05, 0) is 24.7 Å². The molecule has 0 saturated heterocycles. The van der Waals surface area contributed by atoms with E-state index in [1.165, 1.54) is 19.3 Å². The highest BCUT2D eigenvalue weighted by molar-refractivity contribution is 9.09. The summed E-state index contributed by atoms with van der Waals surface area (Å²) in [7, 11) is 0. The van der Waals surface area contributed by atoms with Crippen LogP contribution in [0.5, 0.6) is 0 Å². The molecule has 34 valence electrons. The van der Waals surface area contributed by atoms with E-state index in [0.717, 1.165) is 10.2 Å². The molecule has 0 heterocycles. The maximum atomic E-state index is 3.57. The highest BCUT2D eigenvalue weighted by Crippen LogP contribution is 2.69. The molecular weight excluding hydrogens is 140 g/mol. The van der Waals surface area contributed by atoms with Gasteiger partial charge in [0.15, 0.2) is 0 Å². The molecule has 2 aliphatic rings. The van der Waals surface area contributed by atoms with Crippen molar-refractivity contribution in [1.29, 1.82) is 0 Å². The summed E-state index contributed by atoms with van der Waals surface area (Å²) in [6.07, 6.45) is 4.47. The Balaban J connectivity index is 2.17. The molecule has 1 heteroatoms. The standard InChI is InChI=1S/C5H7Br/c6-4-3-5(4)1-2-5/h4H,1-3H2. The average Bonchev–Trinajstić information content (AvgIpc) is 2.25. The van der Waals surface area contributed by atoms with E-state index in [1.807, 2.05) is 0 Å². The Morgan fingerprint density at radius 1 is 1.50 bits per heavy atom. The summed E-state index contributed by atoms with van der Waals surface area (Å²) in [5, 5.41) is 0. The Morgan fingerprint density at radius 2 is 2.00 bits per heavy atom. The number of alkyl halides is 1. The van der Waals surface area contributed by atoms with Crippen LogP contribution in [0.2, 0.25) is 0 Å². The largest absolute Gasteiger partial charge is 0.0884 e. The van der Waals surface area contributed by atoms with Crippen molar-refractivity contribution >= 4 is 15.9 Å². The fourth-order valence-corrected chi connectivity index (χ4v) is 2.08. The van der Waals surface area contributed by atoms with Crippen molar-refractivity contribution in [3.8, 4) is 0 Å². The molecule has 0 aromatic heterocycles. The van der Waals surface area contributed by atoms with Gasteiger partial charge in [0.25, 0.3) is 0 Å². The number of halogens is 1. The Bertz CT molecular complexity index is 83.9. The molecule has 0 aromatic carbocycles. The van der Waals surface area contributed by atoms with Crippen LogP contribution >= 0.6 is 15.9 Å². The summed E-state index contributed by atoms with van der Waals surface area (Å²) in [6, 6.07) is 0. The minimum Gasteiger partial charge on any atom is -0.0884 e. The van der Waals surface area contributed by atoms with Gasteiger partial charge in [0.2, 0.25) is 0 Å². The van der Waals surface area contributed by atoms with Crippen molar-refractivity contribution in [1.82, 2.24) is 0 Å². The molecule has 1 atom stereocenters. The first-order valence-electron chi connectivity index (χ1n) is 2.48. The minimum atomic E-state index is 0.875. The predicted molar refractivity (Wildman–Crippen MR) is 29.0 cm³/mol. The van der Waals surface area contributed by atoms with Gasteiger partial charge in [-0.15, -0.1) is 0 Å². The lowest BCUT2D eigenvalue weighted by Gasteiger charge is -1.69. The normalized spacial score (nSPS) is 46.5. The van der Waals surface area contributed by atoms with Gasteiger partial charge in [-0.3, -0.25) is 0 Å². The van der Waals surface area contributed by atoms with Crippen LogP contribution in [0.4, 0.5) is 0 Å². The van der Waals surface area contributed by atoms with Gasteiger partial charge < -0.3 is 0 Å². The lowest BCUT2D eigenvalue weighted by Crippen LogP contribution is -1.66. The van der Waals surface area contributed by atoms with Gasteiger partial charge in [0.1, 0.15) is 0 Å². The molecule has 6 heavy (non-hydrogen) atoms. The maximum absolute atomic E-state index is 3.57. The van der Waals surface area contributed by atoms with Crippen LogP contribution in [0.15, 0.2) is 0 Å². The van der Waals surface area contributed by atoms with Crippen molar-refractivity contribution < 1.29 is 0 Å². The number of rotatable bonds is 0. The Labute approximate surface area is 46.1 Å². The van der Waals surface area contributed by atoms with Crippen LogP contribution in [0.3, 0.4) is 0 Å². The molecule has 2 saturated carbocycles. The van der Waals surface area contributed by atoms with Crippen molar-refractivity contribution in [2.75, 3.05) is 0 Å². The second kappa shape index (κ2) is 0.706. The lowest BCUT2D eigenvalue weighted by atomic mass is 10.4. The van der Waals surface area contributed by atoms with Gasteiger partial charge in [-0.1, -0.05) is 15.9 Å². The van der Waals surface area contributed by atoms with Gasteiger partial charge >= 0.3 is 0 Å². The number of hydrogen-bond donors (Lipinski definition) is 0. The van der Waals surface area contributed by atoms with Crippen LogP contribution in [0.1, 0.15) is 19.3 Å². The van der Waals surface area contributed by atoms with E-state index < -0.39 is 0 Å². The smallest absolute Gasteiger partial charge is 0.0208 e. The molecule has 0 nitrogen and oxygen atoms in total. The molecule has 2 rings (SSSR count). The van der Waals surface area contributed by atoms with E-state index in [4.69, 9.17) is 0 Å². The van der Waals surface area contributed by atoms with Gasteiger partial charge in [-0.2, -0.15) is 0 Å². The van der Waals surface area contributed by atoms with Crippen molar-refractivity contribution in [2.45, 2.75) is 24.1 Å². The first-order valence-corrected chi connectivity index (χ1v) is 3.39. The van der Waals surface area contributed by atoms with Crippen LogP contribution in [0, 0.1) is 5.41 Å². The molecular formula is C5H7Br. The monoisotopic (exact) mass is 146 g/mol. The number of hydrogen-bond acceptors (Lipinski definition) is 0. The molecule has 0 bridgehead atoms. The summed E-state index contributed by atoms with van der Waals surface area (Å²) >= 11 is 3.57. The van der Waals surface area contributed by atoms with Gasteiger partial charge in [0, 0.05) is 4.83 Å². The summed E-state index contributed by atoms with van der Waals surface area (Å²) < 4.78 is 0. The third kappa shape index (κ3) is 0.259.